The molecule has 2 saturated carbocycles. The van der Waals surface area contributed by atoms with Gasteiger partial charge in [0.05, 0.1) is 23.2 Å². The third-order valence-electron chi connectivity index (χ3n) is 9.14. The van der Waals surface area contributed by atoms with Crippen molar-refractivity contribution in [2.45, 2.75) is 76.9 Å². The average Bonchev–Trinajstić information content (AvgIpc) is 3.31. The molecule has 4 aliphatic carbocycles. The highest BCUT2D eigenvalue weighted by atomic mass is 16.3. The van der Waals surface area contributed by atoms with E-state index in [0.29, 0.717) is 29.0 Å². The van der Waals surface area contributed by atoms with E-state index in [9.17, 15) is 34.5 Å². The lowest BCUT2D eigenvalue weighted by atomic mass is 9.51. The van der Waals surface area contributed by atoms with Gasteiger partial charge in [0.1, 0.15) is 5.75 Å². The number of allylic oxidation sites excluding steroid dienone is 1. The Labute approximate surface area is 204 Å². The van der Waals surface area contributed by atoms with Crippen LogP contribution in [0.4, 0.5) is 0 Å². The Balaban J connectivity index is 1.60. The van der Waals surface area contributed by atoms with Crippen molar-refractivity contribution in [3.63, 3.8) is 0 Å². The van der Waals surface area contributed by atoms with Crippen LogP contribution in [-0.2, 0) is 20.8 Å². The fourth-order valence-electron chi connectivity index (χ4n) is 7.35. The molecule has 0 amide bonds. The maximum atomic E-state index is 13.8. The minimum absolute atomic E-state index is 0.00657. The third-order valence-corrected chi connectivity index (χ3v) is 9.14. The molecule has 0 aliphatic heterocycles. The number of ketones is 4. The Morgan fingerprint density at radius 2 is 1.80 bits per heavy atom. The fourth-order valence-corrected chi connectivity index (χ4v) is 7.35. The van der Waals surface area contributed by atoms with Crippen LogP contribution in [0.5, 0.6) is 5.75 Å². The van der Waals surface area contributed by atoms with Crippen molar-refractivity contribution in [1.82, 2.24) is 0 Å². The zero-order valence-corrected chi connectivity index (χ0v) is 20.3. The molecule has 1 aromatic carbocycles. The summed E-state index contributed by atoms with van der Waals surface area (Å²) in [6, 6.07) is 3.64. The number of fused-ring (bicyclic) bond motifs is 3. The summed E-state index contributed by atoms with van der Waals surface area (Å²) < 4.78 is 0. The molecule has 0 saturated heterocycles. The number of phenolic OH excluding ortho intramolecular Hbond substituents is 1. The third kappa shape index (κ3) is 3.24. The Morgan fingerprint density at radius 3 is 2.43 bits per heavy atom. The molecule has 0 aromatic heterocycles. The molecule has 7 heteroatoms. The molecule has 3 N–H and O–H groups in total. The highest BCUT2D eigenvalue weighted by Crippen LogP contribution is 2.54. The number of carbonyl (C=O) groups is 4. The van der Waals surface area contributed by atoms with E-state index < -0.39 is 58.5 Å². The van der Waals surface area contributed by atoms with E-state index in [2.05, 4.69) is 0 Å². The number of Topliss-reactive ketones (excluding diaryl/α,β-unsaturated/α-hetero) is 4. The average molecular weight is 481 g/mol. The molecule has 5 rings (SSSR count). The second kappa shape index (κ2) is 8.20. The van der Waals surface area contributed by atoms with Crippen molar-refractivity contribution >= 4 is 23.1 Å². The van der Waals surface area contributed by atoms with E-state index in [0.717, 1.165) is 25.7 Å². The van der Waals surface area contributed by atoms with Gasteiger partial charge in [0.25, 0.3) is 0 Å². The van der Waals surface area contributed by atoms with Crippen molar-refractivity contribution in [3.05, 3.63) is 40.0 Å². The molecule has 6 atom stereocenters. The molecular formula is C28H32O7. The Bertz CT molecular complexity index is 1190. The summed E-state index contributed by atoms with van der Waals surface area (Å²) in [6.45, 7) is 4.58. The molecule has 7 nitrogen and oxygen atoms in total. The van der Waals surface area contributed by atoms with Gasteiger partial charge >= 0.3 is 0 Å². The Morgan fingerprint density at radius 1 is 1.14 bits per heavy atom. The number of carbonyl (C=O) groups excluding carboxylic acids is 4. The van der Waals surface area contributed by atoms with E-state index in [-0.39, 0.29) is 23.3 Å². The lowest BCUT2D eigenvalue weighted by Gasteiger charge is -2.52. The predicted octanol–water partition coefficient (Wildman–Crippen LogP) is 2.83. The summed E-state index contributed by atoms with van der Waals surface area (Å²) in [6.07, 6.45) is 3.76. The number of benzene rings is 1. The highest BCUT2D eigenvalue weighted by Gasteiger charge is 2.67. The molecule has 186 valence electrons. The quantitative estimate of drug-likeness (QED) is 0.448. The summed E-state index contributed by atoms with van der Waals surface area (Å²) >= 11 is 0. The zero-order valence-electron chi connectivity index (χ0n) is 20.3. The number of aliphatic hydroxyl groups is 2. The van der Waals surface area contributed by atoms with Gasteiger partial charge < -0.3 is 15.3 Å². The van der Waals surface area contributed by atoms with Crippen LogP contribution in [-0.4, -0.2) is 50.2 Å². The second-order valence-electron chi connectivity index (χ2n) is 11.1. The molecule has 0 radical (unpaired) electrons. The van der Waals surface area contributed by atoms with E-state index in [1.54, 1.807) is 19.9 Å². The first-order valence-corrected chi connectivity index (χ1v) is 12.6. The largest absolute Gasteiger partial charge is 0.507 e. The van der Waals surface area contributed by atoms with Crippen LogP contribution in [0.2, 0.25) is 0 Å². The van der Waals surface area contributed by atoms with Gasteiger partial charge in [-0.25, -0.2) is 0 Å². The van der Waals surface area contributed by atoms with Crippen LogP contribution in [0.3, 0.4) is 0 Å². The van der Waals surface area contributed by atoms with Gasteiger partial charge in [-0.3, -0.25) is 19.2 Å². The number of phenols is 1. The first-order chi connectivity index (χ1) is 16.5. The molecule has 0 bridgehead atoms. The number of aliphatic hydroxyl groups excluding tert-OH is 1. The van der Waals surface area contributed by atoms with Crippen molar-refractivity contribution in [1.29, 1.82) is 0 Å². The van der Waals surface area contributed by atoms with Crippen molar-refractivity contribution in [3.8, 4) is 5.75 Å². The maximum absolute atomic E-state index is 13.8. The van der Waals surface area contributed by atoms with Gasteiger partial charge in [-0.15, -0.1) is 0 Å². The van der Waals surface area contributed by atoms with E-state index >= 15 is 0 Å². The van der Waals surface area contributed by atoms with Crippen LogP contribution < -0.4 is 0 Å². The monoisotopic (exact) mass is 480 g/mol. The number of hydrogen-bond donors (Lipinski definition) is 3. The van der Waals surface area contributed by atoms with E-state index in [1.807, 2.05) is 6.07 Å². The van der Waals surface area contributed by atoms with E-state index in [1.165, 1.54) is 6.92 Å². The number of rotatable bonds is 3. The molecule has 0 spiro atoms. The van der Waals surface area contributed by atoms with Crippen molar-refractivity contribution in [2.75, 3.05) is 0 Å². The molecule has 4 aliphatic rings. The summed E-state index contributed by atoms with van der Waals surface area (Å²) in [5.41, 5.74) is -1.18. The molecular weight excluding hydrogens is 448 g/mol. The predicted molar refractivity (Wildman–Crippen MR) is 126 cm³/mol. The van der Waals surface area contributed by atoms with Gasteiger partial charge in [-0.1, -0.05) is 50.3 Å². The lowest BCUT2D eigenvalue weighted by molar-refractivity contribution is -0.179. The van der Waals surface area contributed by atoms with Gasteiger partial charge in [0.15, 0.2) is 23.0 Å². The number of hydrogen-bond acceptors (Lipinski definition) is 7. The lowest BCUT2D eigenvalue weighted by Crippen LogP contribution is -2.69. The molecule has 35 heavy (non-hydrogen) atoms. The minimum atomic E-state index is -2.65. The smallest absolute Gasteiger partial charge is 0.205 e. The van der Waals surface area contributed by atoms with Crippen LogP contribution in [0.1, 0.15) is 80.3 Å². The van der Waals surface area contributed by atoms with Crippen molar-refractivity contribution in [2.24, 2.45) is 23.7 Å². The number of aromatic hydroxyl groups is 1. The first kappa shape index (κ1) is 24.1. The second-order valence-corrected chi connectivity index (χ2v) is 11.1. The van der Waals surface area contributed by atoms with Crippen LogP contribution in [0, 0.1) is 23.7 Å². The normalized spacial score (nSPS) is 35.1. The molecule has 1 aromatic rings. The van der Waals surface area contributed by atoms with Crippen LogP contribution in [0.25, 0.3) is 0 Å². The highest BCUT2D eigenvalue weighted by molar-refractivity contribution is 6.32. The van der Waals surface area contributed by atoms with E-state index in [4.69, 9.17) is 0 Å². The van der Waals surface area contributed by atoms with Gasteiger partial charge in [-0.05, 0) is 49.7 Å². The van der Waals surface area contributed by atoms with Crippen LogP contribution in [0.15, 0.2) is 23.3 Å². The first-order valence-electron chi connectivity index (χ1n) is 12.6. The minimum Gasteiger partial charge on any atom is -0.507 e. The maximum Gasteiger partial charge on any atom is 0.205 e. The van der Waals surface area contributed by atoms with Gasteiger partial charge in [0.2, 0.25) is 5.78 Å². The van der Waals surface area contributed by atoms with Crippen molar-refractivity contribution < 1.29 is 34.5 Å². The summed E-state index contributed by atoms with van der Waals surface area (Å²) in [7, 11) is 0. The topological polar surface area (TPSA) is 129 Å². The Kier molecular flexibility index (Phi) is 5.64. The summed E-state index contributed by atoms with van der Waals surface area (Å²) in [5.74, 6) is -6.87. The zero-order chi connectivity index (χ0) is 25.4. The van der Waals surface area contributed by atoms with Gasteiger partial charge in [0, 0.05) is 11.8 Å². The Hall–Kier alpha value is -2.64. The molecule has 2 fully saturated rings. The van der Waals surface area contributed by atoms with Crippen LogP contribution >= 0.6 is 0 Å². The summed E-state index contributed by atoms with van der Waals surface area (Å²) in [4.78, 5) is 53.0. The SMILES string of the molecule is CC(=O)C1=C(C)CC2C(O)C3C(C(=O)c4c(ccc(CC5CCCC5)c4O)C3C)C(=O)C2(O)C1=O. The fraction of sp³-hybridized carbons (Fsp3) is 0.571. The summed E-state index contributed by atoms with van der Waals surface area (Å²) in [5, 5.41) is 34.0. The molecule has 6 unspecified atom stereocenters. The molecule has 0 heterocycles. The standard InChI is InChI=1S/C28H32O7/c1-12-10-18-24(31)20-13(2)17-9-8-16(11-15-6-4-5-7-15)23(30)21(17)25(32)22(20)27(34)28(18,35)26(33)19(12)14(3)29/h8-9,13,15,18,20,22,24,30-31,35H,4-7,10-11H2,1-3H3. The van der Waals surface area contributed by atoms with Gasteiger partial charge in [-0.2, -0.15) is 0 Å².